The van der Waals surface area contributed by atoms with Crippen molar-refractivity contribution in [1.82, 2.24) is 4.90 Å². The summed E-state index contributed by atoms with van der Waals surface area (Å²) in [5, 5.41) is 0. The standard InChI is InChI=1S/C18H20N2O/c1-2-20(12-13-7-9-15(19)10-8-13)18(21)17-11-14-5-3-4-6-16(14)17/h3-10,17H,2,11-12,19H2,1H3. The van der Waals surface area contributed by atoms with Gasteiger partial charge in [0.05, 0.1) is 5.92 Å². The number of fused-ring (bicyclic) bond motifs is 1. The van der Waals surface area contributed by atoms with Gasteiger partial charge in [-0.2, -0.15) is 0 Å². The van der Waals surface area contributed by atoms with E-state index in [0.717, 1.165) is 24.2 Å². The SMILES string of the molecule is CCN(Cc1ccc(N)cc1)C(=O)C1Cc2ccccc21. The Labute approximate surface area is 125 Å². The number of nitrogen functional groups attached to an aromatic ring is 1. The van der Waals surface area contributed by atoms with Crippen LogP contribution in [0.3, 0.4) is 0 Å². The molecule has 0 fully saturated rings. The predicted molar refractivity (Wildman–Crippen MR) is 84.8 cm³/mol. The molecule has 2 aromatic rings. The number of rotatable bonds is 4. The molecule has 0 heterocycles. The first-order valence-electron chi connectivity index (χ1n) is 7.40. The lowest BCUT2D eigenvalue weighted by Gasteiger charge is -2.33. The van der Waals surface area contributed by atoms with Gasteiger partial charge in [-0.15, -0.1) is 0 Å². The Kier molecular flexibility index (Phi) is 3.65. The summed E-state index contributed by atoms with van der Waals surface area (Å²) in [6.07, 6.45) is 0.868. The van der Waals surface area contributed by atoms with Crippen molar-refractivity contribution in [3.05, 3.63) is 65.2 Å². The van der Waals surface area contributed by atoms with Crippen LogP contribution in [-0.4, -0.2) is 17.4 Å². The third kappa shape index (κ3) is 2.64. The van der Waals surface area contributed by atoms with Crippen LogP contribution in [0.25, 0.3) is 0 Å². The average Bonchev–Trinajstić information content (AvgIpc) is 2.48. The molecule has 0 aromatic heterocycles. The summed E-state index contributed by atoms with van der Waals surface area (Å²) in [5.74, 6) is 0.267. The number of hydrogen-bond donors (Lipinski definition) is 1. The molecule has 0 aliphatic heterocycles. The van der Waals surface area contributed by atoms with Gasteiger partial charge in [0, 0.05) is 18.8 Å². The van der Waals surface area contributed by atoms with E-state index in [-0.39, 0.29) is 11.8 Å². The lowest BCUT2D eigenvalue weighted by atomic mass is 9.77. The molecule has 1 amide bonds. The Morgan fingerprint density at radius 1 is 1.19 bits per heavy atom. The molecule has 0 spiro atoms. The van der Waals surface area contributed by atoms with Gasteiger partial charge in [0.15, 0.2) is 0 Å². The van der Waals surface area contributed by atoms with Crippen LogP contribution in [0.5, 0.6) is 0 Å². The fourth-order valence-corrected chi connectivity index (χ4v) is 2.89. The Bertz CT molecular complexity index is 649. The van der Waals surface area contributed by atoms with Crippen LogP contribution in [0, 0.1) is 0 Å². The number of likely N-dealkylation sites (N-methyl/N-ethyl adjacent to an activating group) is 1. The molecule has 0 bridgehead atoms. The van der Waals surface area contributed by atoms with Crippen molar-refractivity contribution in [3.8, 4) is 0 Å². The number of nitrogens with two attached hydrogens (primary N) is 1. The van der Waals surface area contributed by atoms with Crippen molar-refractivity contribution >= 4 is 11.6 Å². The molecule has 108 valence electrons. The van der Waals surface area contributed by atoms with Crippen molar-refractivity contribution in [2.45, 2.75) is 25.8 Å². The molecule has 0 saturated heterocycles. The number of nitrogens with zero attached hydrogens (tertiary/aromatic N) is 1. The molecule has 1 aliphatic rings. The van der Waals surface area contributed by atoms with E-state index in [1.165, 1.54) is 11.1 Å². The predicted octanol–water partition coefficient (Wildman–Crippen LogP) is 2.96. The van der Waals surface area contributed by atoms with Crippen molar-refractivity contribution in [3.63, 3.8) is 0 Å². The maximum absolute atomic E-state index is 12.7. The van der Waals surface area contributed by atoms with Gasteiger partial charge < -0.3 is 10.6 Å². The van der Waals surface area contributed by atoms with Gasteiger partial charge in [-0.25, -0.2) is 0 Å². The molecule has 3 nitrogen and oxygen atoms in total. The number of anilines is 1. The van der Waals surface area contributed by atoms with Gasteiger partial charge in [0.2, 0.25) is 5.91 Å². The summed E-state index contributed by atoms with van der Waals surface area (Å²) in [6, 6.07) is 16.0. The fraction of sp³-hybridized carbons (Fsp3) is 0.278. The van der Waals surface area contributed by atoms with Crippen LogP contribution in [0.15, 0.2) is 48.5 Å². The average molecular weight is 280 g/mol. The summed E-state index contributed by atoms with van der Waals surface area (Å²) < 4.78 is 0. The molecular weight excluding hydrogens is 260 g/mol. The van der Waals surface area contributed by atoms with Crippen molar-refractivity contribution in [2.24, 2.45) is 0 Å². The second-order valence-electron chi connectivity index (χ2n) is 5.55. The minimum absolute atomic E-state index is 0.0370. The fourth-order valence-electron chi connectivity index (χ4n) is 2.89. The lowest BCUT2D eigenvalue weighted by molar-refractivity contribution is -0.133. The Hall–Kier alpha value is -2.29. The van der Waals surface area contributed by atoms with E-state index in [0.29, 0.717) is 6.54 Å². The molecule has 3 heteroatoms. The normalized spacial score (nSPS) is 16.0. The van der Waals surface area contributed by atoms with Crippen LogP contribution in [0.2, 0.25) is 0 Å². The molecule has 1 aliphatic carbocycles. The number of carbonyl (C=O) groups excluding carboxylic acids is 1. The summed E-state index contributed by atoms with van der Waals surface area (Å²) >= 11 is 0. The monoisotopic (exact) mass is 280 g/mol. The summed E-state index contributed by atoms with van der Waals surface area (Å²) in [4.78, 5) is 14.6. The minimum atomic E-state index is 0.0370. The first-order chi connectivity index (χ1) is 10.2. The zero-order chi connectivity index (χ0) is 14.8. The van der Waals surface area contributed by atoms with Gasteiger partial charge in [-0.1, -0.05) is 36.4 Å². The van der Waals surface area contributed by atoms with Gasteiger partial charge in [0.25, 0.3) is 0 Å². The van der Waals surface area contributed by atoms with E-state index >= 15 is 0 Å². The summed E-state index contributed by atoms with van der Waals surface area (Å²) in [7, 11) is 0. The Morgan fingerprint density at radius 2 is 1.90 bits per heavy atom. The second-order valence-corrected chi connectivity index (χ2v) is 5.55. The Balaban J connectivity index is 1.72. The van der Waals surface area contributed by atoms with Crippen molar-refractivity contribution < 1.29 is 4.79 Å². The maximum atomic E-state index is 12.7. The van der Waals surface area contributed by atoms with Crippen LogP contribution in [0.1, 0.15) is 29.5 Å². The van der Waals surface area contributed by atoms with Crippen molar-refractivity contribution in [2.75, 3.05) is 12.3 Å². The highest BCUT2D eigenvalue weighted by atomic mass is 16.2. The van der Waals surface area contributed by atoms with Crippen LogP contribution in [-0.2, 0) is 17.8 Å². The highest BCUT2D eigenvalue weighted by Gasteiger charge is 2.34. The highest BCUT2D eigenvalue weighted by molar-refractivity contribution is 5.86. The smallest absolute Gasteiger partial charge is 0.230 e. The first-order valence-corrected chi connectivity index (χ1v) is 7.40. The second kappa shape index (κ2) is 5.60. The zero-order valence-corrected chi connectivity index (χ0v) is 12.3. The van der Waals surface area contributed by atoms with Gasteiger partial charge in [0.1, 0.15) is 0 Å². The van der Waals surface area contributed by atoms with E-state index in [1.54, 1.807) is 0 Å². The lowest BCUT2D eigenvalue weighted by Crippen LogP contribution is -2.38. The molecule has 21 heavy (non-hydrogen) atoms. The molecule has 2 aromatic carbocycles. The third-order valence-electron chi connectivity index (χ3n) is 4.20. The largest absolute Gasteiger partial charge is 0.399 e. The first kappa shape index (κ1) is 13.7. The van der Waals surface area contributed by atoms with Crippen molar-refractivity contribution in [1.29, 1.82) is 0 Å². The molecule has 3 rings (SSSR count). The minimum Gasteiger partial charge on any atom is -0.399 e. The van der Waals surface area contributed by atoms with E-state index in [1.807, 2.05) is 48.2 Å². The number of hydrogen-bond acceptors (Lipinski definition) is 2. The number of carbonyl (C=O) groups is 1. The van der Waals surface area contributed by atoms with Gasteiger partial charge in [-0.05, 0) is 42.2 Å². The van der Waals surface area contributed by atoms with Gasteiger partial charge >= 0.3 is 0 Å². The topological polar surface area (TPSA) is 46.3 Å². The van der Waals surface area contributed by atoms with E-state index in [2.05, 4.69) is 12.1 Å². The van der Waals surface area contributed by atoms with Gasteiger partial charge in [-0.3, -0.25) is 4.79 Å². The third-order valence-corrected chi connectivity index (χ3v) is 4.20. The van der Waals surface area contributed by atoms with Crippen LogP contribution in [0.4, 0.5) is 5.69 Å². The molecule has 1 unspecified atom stereocenters. The molecular formula is C18H20N2O. The molecule has 1 atom stereocenters. The molecule has 0 radical (unpaired) electrons. The van der Waals surface area contributed by atoms with Crippen LogP contribution < -0.4 is 5.73 Å². The summed E-state index contributed by atoms with van der Waals surface area (Å²) in [5.41, 5.74) is 10.1. The van der Waals surface area contributed by atoms with E-state index < -0.39 is 0 Å². The van der Waals surface area contributed by atoms with E-state index in [4.69, 9.17) is 5.73 Å². The summed E-state index contributed by atoms with van der Waals surface area (Å²) in [6.45, 7) is 3.40. The molecule has 2 N–H and O–H groups in total. The number of amides is 1. The Morgan fingerprint density at radius 3 is 2.57 bits per heavy atom. The molecule has 0 saturated carbocycles. The number of benzene rings is 2. The zero-order valence-electron chi connectivity index (χ0n) is 12.3. The van der Waals surface area contributed by atoms with E-state index in [9.17, 15) is 4.79 Å². The maximum Gasteiger partial charge on any atom is 0.230 e. The highest BCUT2D eigenvalue weighted by Crippen LogP contribution is 2.36. The van der Waals surface area contributed by atoms with Crippen LogP contribution >= 0.6 is 0 Å². The quantitative estimate of drug-likeness (QED) is 0.875.